The van der Waals surface area contributed by atoms with E-state index in [9.17, 15) is 0 Å². The summed E-state index contributed by atoms with van der Waals surface area (Å²) >= 11 is 0. The largest absolute Gasteiger partial charge is 0.345 e. The molecule has 2 nitrogen and oxygen atoms in total. The number of H-pyrrole nitrogens is 1. The molecule has 0 spiro atoms. The average Bonchev–Trinajstić information content (AvgIpc) is 3.02. The van der Waals surface area contributed by atoms with E-state index in [0.29, 0.717) is 10.8 Å². The highest BCUT2D eigenvalue weighted by molar-refractivity contribution is 5.13. The van der Waals surface area contributed by atoms with E-state index in [2.05, 4.69) is 18.1 Å². The standard InChI is InChI=1S/C22H34N2/c1-21(6-3-2-4-7-21)20-23-15-19(24-20)5-8-22-12-16-9-17(13-22)11-18(10-16)14-22/h15-18H,2-14H2,1H3,(H,23,24). The topological polar surface area (TPSA) is 28.7 Å². The molecule has 6 rings (SSSR count). The molecule has 0 radical (unpaired) electrons. The summed E-state index contributed by atoms with van der Waals surface area (Å²) < 4.78 is 0. The molecule has 0 atom stereocenters. The lowest BCUT2D eigenvalue weighted by atomic mass is 9.48. The number of hydrogen-bond donors (Lipinski definition) is 1. The highest BCUT2D eigenvalue weighted by Gasteiger charge is 2.50. The van der Waals surface area contributed by atoms with Gasteiger partial charge in [0.1, 0.15) is 5.82 Å². The molecular formula is C22H34N2. The lowest BCUT2D eigenvalue weighted by Crippen LogP contribution is -2.46. The first-order valence-electron chi connectivity index (χ1n) is 10.7. The van der Waals surface area contributed by atoms with E-state index >= 15 is 0 Å². The SMILES string of the molecule is CC1(c2ncc(CCC34CC5CC(CC(C5)C3)C4)[nH]2)CCCCC1. The first-order valence-corrected chi connectivity index (χ1v) is 10.7. The summed E-state index contributed by atoms with van der Waals surface area (Å²) in [7, 11) is 0. The zero-order valence-electron chi connectivity index (χ0n) is 15.4. The monoisotopic (exact) mass is 326 g/mol. The van der Waals surface area contributed by atoms with Crippen LogP contribution in [0.5, 0.6) is 0 Å². The summed E-state index contributed by atoms with van der Waals surface area (Å²) in [5, 5.41) is 0. The Kier molecular flexibility index (Phi) is 3.61. The molecule has 5 saturated carbocycles. The fraction of sp³-hybridized carbons (Fsp3) is 0.864. The fourth-order valence-electron chi connectivity index (χ4n) is 7.36. The zero-order chi connectivity index (χ0) is 16.2. The minimum Gasteiger partial charge on any atom is -0.345 e. The minimum atomic E-state index is 0.317. The van der Waals surface area contributed by atoms with Crippen molar-refractivity contribution < 1.29 is 0 Å². The van der Waals surface area contributed by atoms with Crippen molar-refractivity contribution in [3.63, 3.8) is 0 Å². The molecule has 132 valence electrons. The lowest BCUT2D eigenvalue weighted by molar-refractivity contribution is -0.0570. The summed E-state index contributed by atoms with van der Waals surface area (Å²) in [4.78, 5) is 8.57. The van der Waals surface area contributed by atoms with Crippen LogP contribution in [-0.4, -0.2) is 9.97 Å². The number of hydrogen-bond acceptors (Lipinski definition) is 1. The Hall–Kier alpha value is -0.790. The summed E-state index contributed by atoms with van der Waals surface area (Å²) in [6.07, 6.45) is 20.9. The molecule has 1 heterocycles. The van der Waals surface area contributed by atoms with Gasteiger partial charge in [0, 0.05) is 17.3 Å². The van der Waals surface area contributed by atoms with Gasteiger partial charge in [-0.1, -0.05) is 26.2 Å². The van der Waals surface area contributed by atoms with Crippen LogP contribution >= 0.6 is 0 Å². The quantitative estimate of drug-likeness (QED) is 0.746. The third-order valence-corrected chi connectivity index (χ3v) is 8.25. The van der Waals surface area contributed by atoms with Crippen LogP contribution in [0.1, 0.15) is 95.5 Å². The molecule has 5 aliphatic rings. The van der Waals surface area contributed by atoms with Crippen LogP contribution in [0.25, 0.3) is 0 Å². The van der Waals surface area contributed by atoms with E-state index in [-0.39, 0.29) is 0 Å². The van der Waals surface area contributed by atoms with Gasteiger partial charge in [0.25, 0.3) is 0 Å². The average molecular weight is 327 g/mol. The van der Waals surface area contributed by atoms with Crippen molar-refractivity contribution >= 4 is 0 Å². The maximum Gasteiger partial charge on any atom is 0.112 e. The smallest absolute Gasteiger partial charge is 0.112 e. The summed E-state index contributed by atoms with van der Waals surface area (Å²) in [5.41, 5.74) is 2.43. The van der Waals surface area contributed by atoms with Gasteiger partial charge in [-0.15, -0.1) is 0 Å². The highest BCUT2D eigenvalue weighted by atomic mass is 14.9. The first-order chi connectivity index (χ1) is 11.6. The van der Waals surface area contributed by atoms with Crippen molar-refractivity contribution in [2.45, 2.75) is 95.8 Å². The van der Waals surface area contributed by atoms with E-state index in [1.807, 2.05) is 0 Å². The maximum atomic E-state index is 4.82. The Bertz CT molecular complexity index is 558. The molecule has 1 N–H and O–H groups in total. The van der Waals surface area contributed by atoms with Gasteiger partial charge >= 0.3 is 0 Å². The lowest BCUT2D eigenvalue weighted by Gasteiger charge is -2.57. The van der Waals surface area contributed by atoms with E-state index in [1.165, 1.54) is 56.5 Å². The summed E-state index contributed by atoms with van der Waals surface area (Å²) in [5.74, 6) is 4.52. The van der Waals surface area contributed by atoms with Crippen molar-refractivity contribution in [3.8, 4) is 0 Å². The van der Waals surface area contributed by atoms with Gasteiger partial charge in [0.2, 0.25) is 0 Å². The number of nitrogens with one attached hydrogen (secondary N) is 1. The third-order valence-electron chi connectivity index (χ3n) is 8.25. The van der Waals surface area contributed by atoms with E-state index < -0.39 is 0 Å². The Morgan fingerprint density at radius 3 is 2.25 bits per heavy atom. The van der Waals surface area contributed by atoms with E-state index in [1.54, 1.807) is 38.5 Å². The number of rotatable bonds is 4. The van der Waals surface area contributed by atoms with Gasteiger partial charge in [0.05, 0.1) is 0 Å². The molecular weight excluding hydrogens is 292 g/mol. The summed E-state index contributed by atoms with van der Waals surface area (Å²) in [6, 6.07) is 0. The molecule has 0 aromatic carbocycles. The van der Waals surface area contributed by atoms with Crippen LogP contribution in [-0.2, 0) is 11.8 Å². The molecule has 0 unspecified atom stereocenters. The number of aromatic amines is 1. The van der Waals surface area contributed by atoms with Crippen molar-refractivity contribution in [2.24, 2.45) is 23.2 Å². The van der Waals surface area contributed by atoms with Crippen LogP contribution < -0.4 is 0 Å². The minimum absolute atomic E-state index is 0.317. The molecule has 5 fully saturated rings. The molecule has 1 aromatic heterocycles. The van der Waals surface area contributed by atoms with Crippen LogP contribution in [0.15, 0.2) is 6.20 Å². The van der Waals surface area contributed by atoms with E-state index in [0.717, 1.165) is 17.8 Å². The second-order valence-electron chi connectivity index (χ2n) is 10.3. The Morgan fingerprint density at radius 2 is 1.62 bits per heavy atom. The van der Waals surface area contributed by atoms with Crippen molar-refractivity contribution in [1.82, 2.24) is 9.97 Å². The fourth-order valence-corrected chi connectivity index (χ4v) is 7.36. The van der Waals surface area contributed by atoms with Crippen molar-refractivity contribution in [3.05, 3.63) is 17.7 Å². The second-order valence-corrected chi connectivity index (χ2v) is 10.3. The molecule has 0 saturated heterocycles. The van der Waals surface area contributed by atoms with Gasteiger partial charge in [-0.2, -0.15) is 0 Å². The molecule has 5 aliphatic carbocycles. The van der Waals surface area contributed by atoms with Gasteiger partial charge in [-0.3, -0.25) is 0 Å². The predicted molar refractivity (Wildman–Crippen MR) is 98.0 cm³/mol. The molecule has 2 heteroatoms. The number of aryl methyl sites for hydroxylation is 1. The molecule has 1 aromatic rings. The van der Waals surface area contributed by atoms with Gasteiger partial charge in [0.15, 0.2) is 0 Å². The molecule has 4 bridgehead atoms. The van der Waals surface area contributed by atoms with Gasteiger partial charge in [-0.25, -0.2) is 4.98 Å². The van der Waals surface area contributed by atoms with Crippen molar-refractivity contribution in [1.29, 1.82) is 0 Å². The second kappa shape index (κ2) is 5.61. The van der Waals surface area contributed by atoms with Gasteiger partial charge < -0.3 is 4.98 Å². The van der Waals surface area contributed by atoms with Crippen molar-refractivity contribution in [2.75, 3.05) is 0 Å². The predicted octanol–water partition coefficient (Wildman–Crippen LogP) is 5.78. The summed E-state index contributed by atoms with van der Waals surface area (Å²) in [6.45, 7) is 2.42. The molecule has 0 amide bonds. The Morgan fingerprint density at radius 1 is 1.00 bits per heavy atom. The highest BCUT2D eigenvalue weighted by Crippen LogP contribution is 2.61. The van der Waals surface area contributed by atoms with Gasteiger partial charge in [-0.05, 0) is 87.4 Å². The number of nitrogens with zero attached hydrogens (tertiary/aromatic N) is 1. The van der Waals surface area contributed by atoms with Crippen LogP contribution in [0.2, 0.25) is 0 Å². The first kappa shape index (κ1) is 15.5. The molecule has 0 aliphatic heterocycles. The van der Waals surface area contributed by atoms with Crippen LogP contribution in [0.3, 0.4) is 0 Å². The Balaban J connectivity index is 1.26. The number of imidazole rings is 1. The Labute approximate surface area is 147 Å². The van der Waals surface area contributed by atoms with E-state index in [4.69, 9.17) is 4.98 Å². The third kappa shape index (κ3) is 2.65. The molecule has 24 heavy (non-hydrogen) atoms. The number of aromatic nitrogens is 2. The van der Waals surface area contributed by atoms with Crippen LogP contribution in [0, 0.1) is 23.2 Å². The zero-order valence-corrected chi connectivity index (χ0v) is 15.4. The van der Waals surface area contributed by atoms with Crippen LogP contribution in [0.4, 0.5) is 0 Å². The normalized spacial score (nSPS) is 40.1. The maximum absolute atomic E-state index is 4.82.